The van der Waals surface area contributed by atoms with Gasteiger partial charge in [0.25, 0.3) is 0 Å². The molecule has 1 saturated carbocycles. The van der Waals surface area contributed by atoms with Crippen LogP contribution in [0.4, 0.5) is 0 Å². The number of hydrogen-bond acceptors (Lipinski definition) is 14. The second kappa shape index (κ2) is 18.6. The summed E-state index contributed by atoms with van der Waals surface area (Å²) in [6, 6.07) is 5.16. The van der Waals surface area contributed by atoms with Crippen LogP contribution in [-0.2, 0) is 63.8 Å². The molecule has 8 atom stereocenters. The van der Waals surface area contributed by atoms with Crippen LogP contribution in [-0.4, -0.2) is 107 Å². The topological polar surface area (TPSA) is 185 Å². The number of nitrogens with zero attached hydrogens (tertiary/aromatic N) is 1. The standard InChI is InChI=1S/C45H64N2O13/c1-8-10-14-22-44(23-15-11-9-2)58-34-31-24-45(41(53)46-30(26-48)19-21-33(50)57-42(3,4)5)36(39(51)55-31)47(60-37(45)35(34)59-44)25-29-17-13-12-16-28(29)18-20-32(49)56-38-40(52)54-27-43(38,6)7/h12-13,16-18,20,30-31,34-38,48H,8-11,14-15,19,21-27H2,1-7H3,(H,46,53). The molecule has 4 saturated heterocycles. The summed E-state index contributed by atoms with van der Waals surface area (Å²) in [7, 11) is 0. The van der Waals surface area contributed by atoms with Crippen molar-refractivity contribution < 1.29 is 62.3 Å². The van der Waals surface area contributed by atoms with Crippen molar-refractivity contribution in [2.24, 2.45) is 10.8 Å². The van der Waals surface area contributed by atoms with Gasteiger partial charge in [-0.3, -0.25) is 19.2 Å². The van der Waals surface area contributed by atoms with E-state index in [1.165, 1.54) is 11.1 Å². The van der Waals surface area contributed by atoms with Gasteiger partial charge in [-0.1, -0.05) is 77.6 Å². The van der Waals surface area contributed by atoms with E-state index in [0.717, 1.165) is 38.5 Å². The summed E-state index contributed by atoms with van der Waals surface area (Å²) < 4.78 is 36.1. The van der Waals surface area contributed by atoms with Crippen LogP contribution in [0.5, 0.6) is 0 Å². The van der Waals surface area contributed by atoms with Gasteiger partial charge >= 0.3 is 23.9 Å². The maximum atomic E-state index is 15.0. The third-order valence-electron chi connectivity index (χ3n) is 12.2. The average Bonchev–Trinajstić information content (AvgIpc) is 3.83. The Morgan fingerprint density at radius 2 is 1.68 bits per heavy atom. The highest BCUT2D eigenvalue weighted by Crippen LogP contribution is 2.58. The maximum absolute atomic E-state index is 15.0. The summed E-state index contributed by atoms with van der Waals surface area (Å²) in [5, 5.41) is 14.9. The molecule has 2 bridgehead atoms. The summed E-state index contributed by atoms with van der Waals surface area (Å²) in [5.41, 5.74) is -1.63. The van der Waals surface area contributed by atoms with Crippen molar-refractivity contribution in [2.45, 2.75) is 180 Å². The number of hydroxylamine groups is 2. The van der Waals surface area contributed by atoms with E-state index in [1.807, 2.05) is 12.1 Å². The van der Waals surface area contributed by atoms with Crippen molar-refractivity contribution in [2.75, 3.05) is 13.2 Å². The molecule has 60 heavy (non-hydrogen) atoms. The predicted molar refractivity (Wildman–Crippen MR) is 216 cm³/mol. The fraction of sp³-hybridized carbons (Fsp3) is 0.711. The van der Waals surface area contributed by atoms with Gasteiger partial charge in [0.2, 0.25) is 12.0 Å². The van der Waals surface area contributed by atoms with Gasteiger partial charge in [0.1, 0.15) is 42.0 Å². The molecule has 5 aliphatic rings. The lowest BCUT2D eigenvalue weighted by atomic mass is 9.62. The third kappa shape index (κ3) is 9.75. The SMILES string of the molecule is CCCCCC1(CCCCC)OC2C3CC4(C(=O)NC(CO)CCC(=O)OC(C)(C)C)C(ON(Cc5ccccc5C=CC(=O)OC5C(=O)OCC5(C)C)C4C(=O)O3)C2O1. The van der Waals surface area contributed by atoms with E-state index in [1.54, 1.807) is 52.8 Å². The normalized spacial score (nSPS) is 29.5. The molecule has 1 amide bonds. The summed E-state index contributed by atoms with van der Waals surface area (Å²) in [4.78, 5) is 73.9. The van der Waals surface area contributed by atoms with Gasteiger partial charge < -0.3 is 38.8 Å². The minimum atomic E-state index is -1.52. The number of carbonyl (C=O) groups excluding carboxylic acids is 5. The number of nitrogens with one attached hydrogen (secondary N) is 1. The Kier molecular flexibility index (Phi) is 14.2. The van der Waals surface area contributed by atoms with Gasteiger partial charge in [-0.2, -0.15) is 5.06 Å². The van der Waals surface area contributed by atoms with Gasteiger partial charge in [0.15, 0.2) is 11.8 Å². The Bertz CT molecular complexity index is 1760. The highest BCUT2D eigenvalue weighted by atomic mass is 16.8. The molecule has 0 spiro atoms. The van der Waals surface area contributed by atoms with Crippen LogP contribution in [0, 0.1) is 10.8 Å². The summed E-state index contributed by atoms with van der Waals surface area (Å²) in [5.74, 6) is -3.91. The molecule has 15 nitrogen and oxygen atoms in total. The van der Waals surface area contributed by atoms with Crippen molar-refractivity contribution in [3.8, 4) is 0 Å². The second-order valence-electron chi connectivity index (χ2n) is 18.6. The molecule has 332 valence electrons. The predicted octanol–water partition coefficient (Wildman–Crippen LogP) is 5.23. The number of aliphatic hydroxyl groups excluding tert-OH is 1. The lowest BCUT2D eigenvalue weighted by Crippen LogP contribution is -2.70. The van der Waals surface area contributed by atoms with E-state index < -0.39 is 101 Å². The van der Waals surface area contributed by atoms with Crippen LogP contribution in [0.1, 0.15) is 130 Å². The van der Waals surface area contributed by atoms with Crippen molar-refractivity contribution in [3.05, 3.63) is 41.5 Å². The summed E-state index contributed by atoms with van der Waals surface area (Å²) in [6.45, 7) is 12.8. The number of esters is 4. The van der Waals surface area contributed by atoms with E-state index in [-0.39, 0.29) is 32.4 Å². The zero-order valence-corrected chi connectivity index (χ0v) is 36.2. The molecule has 6 rings (SSSR count). The zero-order valence-electron chi connectivity index (χ0n) is 36.2. The molecule has 2 N–H and O–H groups in total. The Morgan fingerprint density at radius 3 is 2.32 bits per heavy atom. The first-order valence-electron chi connectivity index (χ1n) is 21.7. The lowest BCUT2D eigenvalue weighted by molar-refractivity contribution is -0.224. The van der Waals surface area contributed by atoms with Gasteiger partial charge in [-0.25, -0.2) is 9.59 Å². The quantitative estimate of drug-likeness (QED) is 0.0798. The summed E-state index contributed by atoms with van der Waals surface area (Å²) in [6.07, 6.45) is 5.65. The average molecular weight is 841 g/mol. The number of benzene rings is 1. The van der Waals surface area contributed by atoms with Crippen LogP contribution in [0.25, 0.3) is 6.08 Å². The molecule has 15 heteroatoms. The first kappa shape index (κ1) is 45.6. The Morgan fingerprint density at radius 1 is 1.00 bits per heavy atom. The molecular formula is C45H64N2O13. The van der Waals surface area contributed by atoms with E-state index in [9.17, 15) is 29.1 Å². The Hall–Kier alpha value is -3.89. The van der Waals surface area contributed by atoms with E-state index in [4.69, 9.17) is 33.3 Å². The van der Waals surface area contributed by atoms with Crippen molar-refractivity contribution in [3.63, 3.8) is 0 Å². The minimum Gasteiger partial charge on any atom is -0.462 e. The molecule has 0 aromatic heterocycles. The van der Waals surface area contributed by atoms with Crippen LogP contribution in [0.2, 0.25) is 0 Å². The van der Waals surface area contributed by atoms with E-state index in [2.05, 4.69) is 19.2 Å². The smallest absolute Gasteiger partial charge is 0.348 e. The fourth-order valence-corrected chi connectivity index (χ4v) is 9.17. The molecule has 8 unspecified atom stereocenters. The molecule has 1 aromatic carbocycles. The van der Waals surface area contributed by atoms with Gasteiger partial charge in [0, 0.05) is 37.2 Å². The number of ether oxygens (including phenoxy) is 6. The number of fused-ring (bicyclic) bond motifs is 4. The highest BCUT2D eigenvalue weighted by Gasteiger charge is 2.76. The minimum absolute atomic E-state index is 0.00592. The van der Waals surface area contributed by atoms with Crippen molar-refractivity contribution in [1.82, 2.24) is 10.4 Å². The number of amides is 1. The molecule has 4 heterocycles. The van der Waals surface area contributed by atoms with Crippen LogP contribution >= 0.6 is 0 Å². The van der Waals surface area contributed by atoms with Crippen molar-refractivity contribution >= 4 is 35.9 Å². The van der Waals surface area contributed by atoms with Crippen LogP contribution in [0.3, 0.4) is 0 Å². The molecule has 1 aromatic rings. The van der Waals surface area contributed by atoms with Gasteiger partial charge in [0.05, 0.1) is 19.2 Å². The summed E-state index contributed by atoms with van der Waals surface area (Å²) >= 11 is 0. The van der Waals surface area contributed by atoms with E-state index >= 15 is 0 Å². The Labute approximate surface area is 353 Å². The van der Waals surface area contributed by atoms with Gasteiger partial charge in [-0.05, 0) is 57.2 Å². The number of carbonyl (C=O) groups is 5. The maximum Gasteiger partial charge on any atom is 0.348 e. The number of unbranched alkanes of at least 4 members (excludes halogenated alkanes) is 4. The first-order valence-corrected chi connectivity index (χ1v) is 21.7. The number of aliphatic hydroxyl groups is 1. The van der Waals surface area contributed by atoms with Crippen molar-refractivity contribution in [1.29, 1.82) is 0 Å². The van der Waals surface area contributed by atoms with Crippen LogP contribution < -0.4 is 5.32 Å². The molecule has 1 aliphatic carbocycles. The Balaban J connectivity index is 1.30. The van der Waals surface area contributed by atoms with Crippen LogP contribution in [0.15, 0.2) is 30.3 Å². The fourth-order valence-electron chi connectivity index (χ4n) is 9.17. The molecule has 4 aliphatic heterocycles. The van der Waals surface area contributed by atoms with Gasteiger partial charge in [-0.15, -0.1) is 0 Å². The second-order valence-corrected chi connectivity index (χ2v) is 18.6. The monoisotopic (exact) mass is 840 g/mol. The van der Waals surface area contributed by atoms with E-state index in [0.29, 0.717) is 24.0 Å². The third-order valence-corrected chi connectivity index (χ3v) is 12.2. The first-order chi connectivity index (χ1) is 28.5. The number of hydrogen-bond donors (Lipinski definition) is 2. The highest BCUT2D eigenvalue weighted by molar-refractivity contribution is 5.94. The molecular weight excluding hydrogens is 776 g/mol. The lowest BCUT2D eigenvalue weighted by Gasteiger charge is -2.49. The molecule has 0 radical (unpaired) electrons. The zero-order chi connectivity index (χ0) is 43.5. The largest absolute Gasteiger partial charge is 0.462 e. The number of cyclic esters (lactones) is 1. The molecule has 5 fully saturated rings. The number of rotatable bonds is 19.